The summed E-state index contributed by atoms with van der Waals surface area (Å²) in [5.41, 5.74) is 6.20. The minimum absolute atomic E-state index is 0.138. The monoisotopic (exact) mass is 374 g/mol. The second-order valence-corrected chi connectivity index (χ2v) is 7.33. The molecule has 0 aliphatic heterocycles. The van der Waals surface area contributed by atoms with E-state index in [9.17, 15) is 4.79 Å². The largest absolute Gasteiger partial charge is 0.324 e. The molecule has 0 radical (unpaired) electrons. The molecule has 3 rings (SSSR count). The van der Waals surface area contributed by atoms with Gasteiger partial charge in [-0.3, -0.25) is 4.79 Å². The molecule has 0 aliphatic rings. The molecule has 1 heterocycles. The summed E-state index contributed by atoms with van der Waals surface area (Å²) in [6.07, 6.45) is 0. The fourth-order valence-corrected chi connectivity index (χ4v) is 3.18. The Morgan fingerprint density at radius 3 is 2.29 bits per heavy atom. The zero-order valence-electron chi connectivity index (χ0n) is 17.0. The molecule has 3 aromatic rings. The van der Waals surface area contributed by atoms with E-state index in [4.69, 9.17) is 0 Å². The maximum atomic E-state index is 12.9. The first-order valence-electron chi connectivity index (χ1n) is 9.43. The predicted octanol–water partition coefficient (Wildman–Crippen LogP) is 5.52. The van der Waals surface area contributed by atoms with Crippen LogP contribution in [0.15, 0.2) is 48.5 Å². The van der Waals surface area contributed by atoms with Gasteiger partial charge in [0.1, 0.15) is 0 Å². The van der Waals surface area contributed by atoms with Crippen LogP contribution in [0.5, 0.6) is 0 Å². The molecule has 0 bridgehead atoms. The van der Waals surface area contributed by atoms with E-state index in [0.717, 1.165) is 33.9 Å². The number of benzene rings is 2. The van der Waals surface area contributed by atoms with E-state index >= 15 is 0 Å². The minimum atomic E-state index is -0.138. The van der Waals surface area contributed by atoms with Crippen molar-refractivity contribution in [2.24, 2.45) is 0 Å². The average molecular weight is 374 g/mol. The van der Waals surface area contributed by atoms with Crippen molar-refractivity contribution in [1.29, 1.82) is 0 Å². The normalized spacial score (nSPS) is 10.8. The van der Waals surface area contributed by atoms with Crippen LogP contribution in [0.4, 0.5) is 17.3 Å². The molecule has 5 nitrogen and oxygen atoms in total. The minimum Gasteiger partial charge on any atom is -0.324 e. The Morgan fingerprint density at radius 2 is 1.61 bits per heavy atom. The Hall–Kier alpha value is -3.21. The molecule has 0 aliphatic carbocycles. The Kier molecular flexibility index (Phi) is 5.73. The molecule has 28 heavy (non-hydrogen) atoms. The highest BCUT2D eigenvalue weighted by molar-refractivity contribution is 6.05. The Morgan fingerprint density at radius 1 is 0.929 bits per heavy atom. The first kappa shape index (κ1) is 19.5. The summed E-state index contributed by atoms with van der Waals surface area (Å²) in [6.45, 7) is 10.1. The lowest BCUT2D eigenvalue weighted by Crippen LogP contribution is -2.15. The highest BCUT2D eigenvalue weighted by Crippen LogP contribution is 2.28. The highest BCUT2D eigenvalue weighted by atomic mass is 16.1. The van der Waals surface area contributed by atoms with E-state index in [0.29, 0.717) is 17.4 Å². The summed E-state index contributed by atoms with van der Waals surface area (Å²) >= 11 is 0. The van der Waals surface area contributed by atoms with Crippen molar-refractivity contribution in [3.63, 3.8) is 0 Å². The van der Waals surface area contributed by atoms with Crippen LogP contribution in [-0.4, -0.2) is 15.9 Å². The van der Waals surface area contributed by atoms with E-state index < -0.39 is 0 Å². The summed E-state index contributed by atoms with van der Waals surface area (Å²) in [7, 11) is 0. The van der Waals surface area contributed by atoms with Crippen LogP contribution in [0.1, 0.15) is 52.6 Å². The summed E-state index contributed by atoms with van der Waals surface area (Å²) in [5.74, 6) is 0.710. The molecular weight excluding hydrogens is 348 g/mol. The van der Waals surface area contributed by atoms with Crippen LogP contribution in [-0.2, 0) is 0 Å². The number of carbonyl (C=O) groups excluding carboxylic acids is 1. The molecular formula is C23H26N4O. The van der Waals surface area contributed by atoms with E-state index in [1.54, 1.807) is 6.07 Å². The smallest absolute Gasteiger partial charge is 0.255 e. The van der Waals surface area contributed by atoms with Crippen molar-refractivity contribution < 1.29 is 4.79 Å². The van der Waals surface area contributed by atoms with Gasteiger partial charge >= 0.3 is 0 Å². The molecule has 0 atom stereocenters. The van der Waals surface area contributed by atoms with Crippen molar-refractivity contribution in [1.82, 2.24) is 9.97 Å². The molecule has 5 heteroatoms. The van der Waals surface area contributed by atoms with E-state index in [-0.39, 0.29) is 5.91 Å². The van der Waals surface area contributed by atoms with Gasteiger partial charge in [0.05, 0.1) is 0 Å². The average Bonchev–Trinajstić information content (AvgIpc) is 2.62. The standard InChI is InChI=1S/C23H26N4O/c1-14(2)20-11-6-8-15(3)21(20)27-22(28)18-9-7-10-19(13-18)26-23-24-16(4)12-17(5)25-23/h6-14H,1-5H3,(H,27,28)(H,24,25,26). The van der Waals surface area contributed by atoms with Crippen molar-refractivity contribution in [3.05, 3.63) is 76.6 Å². The SMILES string of the molecule is Cc1cc(C)nc(Nc2cccc(C(=O)Nc3c(C)cccc3C(C)C)c2)n1. The molecule has 2 aromatic carbocycles. The van der Waals surface area contributed by atoms with Gasteiger partial charge < -0.3 is 10.6 Å². The number of anilines is 3. The van der Waals surface area contributed by atoms with Gasteiger partial charge in [-0.05, 0) is 62.1 Å². The van der Waals surface area contributed by atoms with Crippen LogP contribution >= 0.6 is 0 Å². The lowest BCUT2D eigenvalue weighted by molar-refractivity contribution is 0.102. The highest BCUT2D eigenvalue weighted by Gasteiger charge is 2.14. The van der Waals surface area contributed by atoms with Crippen molar-refractivity contribution in [2.75, 3.05) is 10.6 Å². The fourth-order valence-electron chi connectivity index (χ4n) is 3.18. The third-order valence-electron chi connectivity index (χ3n) is 4.53. The topological polar surface area (TPSA) is 66.9 Å². The zero-order chi connectivity index (χ0) is 20.3. The van der Waals surface area contributed by atoms with Crippen LogP contribution in [0.25, 0.3) is 0 Å². The number of rotatable bonds is 5. The molecule has 2 N–H and O–H groups in total. The first-order chi connectivity index (χ1) is 13.3. The molecule has 0 saturated carbocycles. The number of carbonyl (C=O) groups is 1. The van der Waals surface area contributed by atoms with Gasteiger partial charge in [-0.25, -0.2) is 9.97 Å². The second-order valence-electron chi connectivity index (χ2n) is 7.33. The molecule has 144 valence electrons. The van der Waals surface area contributed by atoms with Crippen molar-refractivity contribution in [2.45, 2.75) is 40.5 Å². The second kappa shape index (κ2) is 8.21. The molecule has 1 amide bonds. The molecule has 0 unspecified atom stereocenters. The Balaban J connectivity index is 1.83. The van der Waals surface area contributed by atoms with Crippen molar-refractivity contribution >= 4 is 23.2 Å². The van der Waals surface area contributed by atoms with E-state index in [1.165, 1.54) is 0 Å². The number of hydrogen-bond donors (Lipinski definition) is 2. The molecule has 0 saturated heterocycles. The third-order valence-corrected chi connectivity index (χ3v) is 4.53. The Bertz CT molecular complexity index is 991. The maximum absolute atomic E-state index is 12.9. The van der Waals surface area contributed by atoms with Gasteiger partial charge in [0.25, 0.3) is 5.91 Å². The number of hydrogen-bond acceptors (Lipinski definition) is 4. The summed E-state index contributed by atoms with van der Waals surface area (Å²) in [4.78, 5) is 21.7. The summed E-state index contributed by atoms with van der Waals surface area (Å²) < 4.78 is 0. The van der Waals surface area contributed by atoms with E-state index in [1.807, 2.05) is 57.2 Å². The first-order valence-corrected chi connectivity index (χ1v) is 9.43. The van der Waals surface area contributed by atoms with Gasteiger partial charge in [-0.15, -0.1) is 0 Å². The van der Waals surface area contributed by atoms with Gasteiger partial charge in [0.2, 0.25) is 5.95 Å². The third kappa shape index (κ3) is 4.55. The van der Waals surface area contributed by atoms with Crippen LogP contribution in [0.3, 0.4) is 0 Å². The molecule has 0 fully saturated rings. The van der Waals surface area contributed by atoms with Gasteiger partial charge in [0.15, 0.2) is 0 Å². The van der Waals surface area contributed by atoms with Gasteiger partial charge in [-0.1, -0.05) is 38.1 Å². The lowest BCUT2D eigenvalue weighted by Gasteiger charge is -2.16. The van der Waals surface area contributed by atoms with Crippen LogP contribution in [0, 0.1) is 20.8 Å². The van der Waals surface area contributed by atoms with Crippen LogP contribution in [0.2, 0.25) is 0 Å². The number of nitrogens with one attached hydrogen (secondary N) is 2. The van der Waals surface area contributed by atoms with Crippen molar-refractivity contribution in [3.8, 4) is 0 Å². The summed E-state index contributed by atoms with van der Waals surface area (Å²) in [6, 6.07) is 15.4. The predicted molar refractivity (Wildman–Crippen MR) is 114 cm³/mol. The van der Waals surface area contributed by atoms with Gasteiger partial charge in [-0.2, -0.15) is 0 Å². The number of aromatic nitrogens is 2. The van der Waals surface area contributed by atoms with Crippen LogP contribution < -0.4 is 10.6 Å². The number of amides is 1. The number of aryl methyl sites for hydroxylation is 3. The molecule has 1 aromatic heterocycles. The maximum Gasteiger partial charge on any atom is 0.255 e. The number of para-hydroxylation sites is 1. The number of nitrogens with zero attached hydrogens (tertiary/aromatic N) is 2. The quantitative estimate of drug-likeness (QED) is 0.617. The molecule has 0 spiro atoms. The Labute approximate surface area is 166 Å². The van der Waals surface area contributed by atoms with E-state index in [2.05, 4.69) is 40.5 Å². The fraction of sp³-hybridized carbons (Fsp3) is 0.261. The zero-order valence-corrected chi connectivity index (χ0v) is 17.0. The lowest BCUT2D eigenvalue weighted by atomic mass is 9.98. The van der Waals surface area contributed by atoms with Gasteiger partial charge in [0, 0.05) is 28.3 Å². The summed E-state index contributed by atoms with van der Waals surface area (Å²) in [5, 5.41) is 6.27.